The van der Waals surface area contributed by atoms with Gasteiger partial charge in [-0.1, -0.05) is 35.9 Å². The molecule has 2 aliphatic heterocycles. The molecular weight excluding hydrogens is 434 g/mol. The van der Waals surface area contributed by atoms with E-state index in [1.807, 2.05) is 24.3 Å². The summed E-state index contributed by atoms with van der Waals surface area (Å²) in [6, 6.07) is 19.1. The Hall–Kier alpha value is -3.48. The molecule has 168 valence electrons. The van der Waals surface area contributed by atoms with Gasteiger partial charge in [0.05, 0.1) is 28.3 Å². The number of hydrogen-bond donors (Lipinski definition) is 4. The van der Waals surface area contributed by atoms with E-state index in [9.17, 15) is 4.79 Å². The van der Waals surface area contributed by atoms with E-state index < -0.39 is 0 Å². The molecule has 1 fully saturated rings. The highest BCUT2D eigenvalue weighted by Gasteiger charge is 2.29. The minimum absolute atomic E-state index is 0.198. The number of carbonyl (C=O) groups is 1. The van der Waals surface area contributed by atoms with Gasteiger partial charge in [0.2, 0.25) is 0 Å². The molecule has 0 spiro atoms. The van der Waals surface area contributed by atoms with E-state index in [1.54, 1.807) is 24.3 Å². The number of anilines is 4. The van der Waals surface area contributed by atoms with E-state index in [1.165, 1.54) is 18.4 Å². The average Bonchev–Trinajstić information content (AvgIpc) is 3.42. The number of nitrogens with two attached hydrogens (primary N) is 2. The van der Waals surface area contributed by atoms with Crippen LogP contribution in [-0.4, -0.2) is 23.9 Å². The SMILES string of the molecule is Nc1ccc(C(Nc2ccc(CN3CCCC3)cc2)=C2C(=O)Nc3cc(Cl)ccc32)cc1N. The molecule has 7 heteroatoms. The van der Waals surface area contributed by atoms with Gasteiger partial charge >= 0.3 is 0 Å². The van der Waals surface area contributed by atoms with Gasteiger partial charge in [-0.25, -0.2) is 0 Å². The van der Waals surface area contributed by atoms with E-state index in [2.05, 4.69) is 27.7 Å². The molecule has 33 heavy (non-hydrogen) atoms. The van der Waals surface area contributed by atoms with Gasteiger partial charge in [-0.15, -0.1) is 0 Å². The molecule has 3 aromatic rings. The molecule has 0 aliphatic carbocycles. The smallest absolute Gasteiger partial charge is 0.258 e. The number of amides is 1. The van der Waals surface area contributed by atoms with Crippen molar-refractivity contribution in [2.45, 2.75) is 19.4 Å². The molecule has 6 nitrogen and oxygen atoms in total. The molecule has 0 aromatic heterocycles. The Morgan fingerprint density at radius 1 is 0.970 bits per heavy atom. The summed E-state index contributed by atoms with van der Waals surface area (Å²) in [5.74, 6) is -0.198. The van der Waals surface area contributed by atoms with Crippen molar-refractivity contribution in [3.05, 3.63) is 82.4 Å². The quantitative estimate of drug-likeness (QED) is 0.317. The van der Waals surface area contributed by atoms with Crippen LogP contribution in [0.15, 0.2) is 60.7 Å². The average molecular weight is 460 g/mol. The van der Waals surface area contributed by atoms with Crippen molar-refractivity contribution in [3.8, 4) is 0 Å². The second-order valence-electron chi connectivity index (χ2n) is 8.54. The monoisotopic (exact) mass is 459 g/mol. The van der Waals surface area contributed by atoms with Crippen LogP contribution in [0.5, 0.6) is 0 Å². The fourth-order valence-electron chi connectivity index (χ4n) is 4.44. The lowest BCUT2D eigenvalue weighted by Gasteiger charge is -2.17. The fourth-order valence-corrected chi connectivity index (χ4v) is 4.61. The molecule has 2 heterocycles. The van der Waals surface area contributed by atoms with Crippen molar-refractivity contribution < 1.29 is 4.79 Å². The Balaban J connectivity index is 1.53. The van der Waals surface area contributed by atoms with E-state index >= 15 is 0 Å². The Labute approximate surface area is 198 Å². The second kappa shape index (κ2) is 8.81. The summed E-state index contributed by atoms with van der Waals surface area (Å²) in [7, 11) is 0. The summed E-state index contributed by atoms with van der Waals surface area (Å²) in [6.45, 7) is 3.28. The molecule has 0 saturated carbocycles. The predicted octanol–water partition coefficient (Wildman–Crippen LogP) is 5.03. The number of fused-ring (bicyclic) bond motifs is 1. The minimum Gasteiger partial charge on any atom is -0.397 e. The molecule has 0 radical (unpaired) electrons. The van der Waals surface area contributed by atoms with Crippen molar-refractivity contribution in [3.63, 3.8) is 0 Å². The van der Waals surface area contributed by atoms with Gasteiger partial charge in [-0.3, -0.25) is 9.69 Å². The highest BCUT2D eigenvalue weighted by atomic mass is 35.5. The Kier molecular flexibility index (Phi) is 5.70. The number of nitrogens with one attached hydrogen (secondary N) is 2. The maximum absolute atomic E-state index is 13.0. The second-order valence-corrected chi connectivity index (χ2v) is 8.98. The highest BCUT2D eigenvalue weighted by molar-refractivity contribution is 6.38. The number of halogens is 1. The number of carbonyl (C=O) groups excluding carboxylic acids is 1. The molecule has 5 rings (SSSR count). The van der Waals surface area contributed by atoms with E-state index in [0.717, 1.165) is 36.4 Å². The molecule has 3 aromatic carbocycles. The molecule has 0 atom stereocenters. The number of hydrogen-bond acceptors (Lipinski definition) is 5. The topological polar surface area (TPSA) is 96.4 Å². The van der Waals surface area contributed by atoms with Crippen LogP contribution in [0.2, 0.25) is 5.02 Å². The summed E-state index contributed by atoms with van der Waals surface area (Å²) >= 11 is 6.14. The zero-order valence-corrected chi connectivity index (χ0v) is 19.0. The summed E-state index contributed by atoms with van der Waals surface area (Å²) in [5, 5.41) is 6.95. The molecule has 2 aliphatic rings. The van der Waals surface area contributed by atoms with Crippen molar-refractivity contribution in [1.82, 2.24) is 4.90 Å². The highest BCUT2D eigenvalue weighted by Crippen LogP contribution is 2.39. The van der Waals surface area contributed by atoms with Gasteiger partial charge in [0.25, 0.3) is 5.91 Å². The summed E-state index contributed by atoms with van der Waals surface area (Å²) in [5.41, 5.74) is 18.6. The predicted molar refractivity (Wildman–Crippen MR) is 137 cm³/mol. The number of likely N-dealkylation sites (tertiary alicyclic amines) is 1. The first kappa shape index (κ1) is 21.4. The first-order chi connectivity index (χ1) is 16.0. The minimum atomic E-state index is -0.198. The van der Waals surface area contributed by atoms with Crippen LogP contribution < -0.4 is 22.1 Å². The van der Waals surface area contributed by atoms with Crippen molar-refractivity contribution >= 4 is 51.5 Å². The molecule has 1 amide bonds. The zero-order chi connectivity index (χ0) is 22.9. The van der Waals surface area contributed by atoms with Crippen LogP contribution in [0.1, 0.15) is 29.5 Å². The maximum atomic E-state index is 13.0. The van der Waals surface area contributed by atoms with Crippen LogP contribution in [0.4, 0.5) is 22.7 Å². The lowest BCUT2D eigenvalue weighted by Crippen LogP contribution is -2.18. The van der Waals surface area contributed by atoms with E-state index in [4.69, 9.17) is 23.1 Å². The van der Waals surface area contributed by atoms with Crippen molar-refractivity contribution in [2.75, 3.05) is 35.2 Å². The molecule has 0 bridgehead atoms. The summed E-state index contributed by atoms with van der Waals surface area (Å²) in [4.78, 5) is 15.5. The lowest BCUT2D eigenvalue weighted by molar-refractivity contribution is -0.110. The Bertz CT molecular complexity index is 1250. The van der Waals surface area contributed by atoms with Crippen molar-refractivity contribution in [1.29, 1.82) is 0 Å². The lowest BCUT2D eigenvalue weighted by atomic mass is 9.99. The van der Waals surface area contributed by atoms with Gasteiger partial charge in [0.15, 0.2) is 0 Å². The Morgan fingerprint density at radius 2 is 1.73 bits per heavy atom. The van der Waals surface area contributed by atoms with Gasteiger partial charge in [-0.2, -0.15) is 0 Å². The summed E-state index contributed by atoms with van der Waals surface area (Å²) in [6.07, 6.45) is 2.55. The first-order valence-electron chi connectivity index (χ1n) is 11.1. The van der Waals surface area contributed by atoms with E-state index in [0.29, 0.717) is 33.4 Å². The number of nitrogen functional groups attached to an aromatic ring is 2. The largest absolute Gasteiger partial charge is 0.397 e. The van der Waals surface area contributed by atoms with Crippen molar-refractivity contribution in [2.24, 2.45) is 0 Å². The number of nitrogens with zero attached hydrogens (tertiary/aromatic N) is 1. The number of rotatable bonds is 5. The third-order valence-corrected chi connectivity index (χ3v) is 6.41. The van der Waals surface area contributed by atoms with Crippen LogP contribution in [-0.2, 0) is 11.3 Å². The van der Waals surface area contributed by atoms with Crippen LogP contribution >= 0.6 is 11.6 Å². The van der Waals surface area contributed by atoms with Gasteiger partial charge in [-0.05, 0) is 67.9 Å². The fraction of sp³-hybridized carbons (Fsp3) is 0.192. The van der Waals surface area contributed by atoms with Crippen LogP contribution in [0.3, 0.4) is 0 Å². The number of benzene rings is 3. The van der Waals surface area contributed by atoms with Crippen LogP contribution in [0, 0.1) is 0 Å². The Morgan fingerprint density at radius 3 is 2.45 bits per heavy atom. The standard InChI is InChI=1S/C26H26ClN5O/c27-18-6-9-20-23(14-18)31-26(33)24(20)25(17-5-10-21(28)22(29)13-17)30-19-7-3-16(4-8-19)15-32-11-1-2-12-32/h3-10,13-14,30H,1-2,11-12,15,28-29H2,(H,31,33). The molecule has 1 saturated heterocycles. The first-order valence-corrected chi connectivity index (χ1v) is 11.4. The molecular formula is C26H26ClN5O. The normalized spacial score (nSPS) is 17.1. The third kappa shape index (κ3) is 4.40. The molecule has 0 unspecified atom stereocenters. The zero-order valence-electron chi connectivity index (χ0n) is 18.2. The van der Waals surface area contributed by atoms with Gasteiger partial charge in [0.1, 0.15) is 0 Å². The van der Waals surface area contributed by atoms with E-state index in [-0.39, 0.29) is 5.91 Å². The third-order valence-electron chi connectivity index (χ3n) is 6.18. The van der Waals surface area contributed by atoms with Crippen LogP contribution in [0.25, 0.3) is 11.3 Å². The van der Waals surface area contributed by atoms with Gasteiger partial charge in [0, 0.05) is 28.4 Å². The molecule has 6 N–H and O–H groups in total. The summed E-state index contributed by atoms with van der Waals surface area (Å²) < 4.78 is 0. The maximum Gasteiger partial charge on any atom is 0.258 e. The van der Waals surface area contributed by atoms with Gasteiger partial charge < -0.3 is 22.1 Å².